The van der Waals surface area contributed by atoms with Crippen molar-refractivity contribution in [3.63, 3.8) is 0 Å². The first-order chi connectivity index (χ1) is 9.67. The van der Waals surface area contributed by atoms with Crippen molar-refractivity contribution in [1.29, 1.82) is 0 Å². The molecule has 2 N–H and O–H groups in total. The van der Waals surface area contributed by atoms with Crippen molar-refractivity contribution in [2.45, 2.75) is 26.8 Å². The largest absolute Gasteiger partial charge is 0.490 e. The summed E-state index contributed by atoms with van der Waals surface area (Å²) in [4.78, 5) is 0. The Hall–Kier alpha value is -1.94. The minimum Gasteiger partial charge on any atom is -0.490 e. The Morgan fingerprint density at radius 2 is 1.80 bits per heavy atom. The molecule has 0 radical (unpaired) electrons. The van der Waals surface area contributed by atoms with Gasteiger partial charge in [-0.05, 0) is 44.5 Å². The van der Waals surface area contributed by atoms with Crippen LogP contribution < -0.4 is 15.2 Å². The molecule has 1 heterocycles. The molecule has 1 atom stereocenters. The van der Waals surface area contributed by atoms with Crippen LogP contribution in [-0.2, 0) is 0 Å². The molecular weight excluding hydrogens is 254 g/mol. The second-order valence-electron chi connectivity index (χ2n) is 4.48. The number of ether oxygens (including phenoxy) is 2. The van der Waals surface area contributed by atoms with E-state index >= 15 is 0 Å². The summed E-state index contributed by atoms with van der Waals surface area (Å²) in [5.41, 5.74) is 8.25. The minimum absolute atomic E-state index is 0.233. The maximum absolute atomic E-state index is 6.29. The highest BCUT2D eigenvalue weighted by Gasteiger charge is 2.16. The van der Waals surface area contributed by atoms with Crippen LogP contribution in [0.1, 0.15) is 36.8 Å². The Labute approximate surface area is 119 Å². The third-order valence-corrected chi connectivity index (χ3v) is 3.16. The summed E-state index contributed by atoms with van der Waals surface area (Å²) in [6.07, 6.45) is 1.66. The molecule has 0 fully saturated rings. The summed E-state index contributed by atoms with van der Waals surface area (Å²) >= 11 is 0. The summed E-state index contributed by atoms with van der Waals surface area (Å²) in [5, 5.41) is 0. The Bertz CT molecular complexity index is 563. The van der Waals surface area contributed by atoms with Crippen LogP contribution in [0.4, 0.5) is 0 Å². The van der Waals surface area contributed by atoms with Gasteiger partial charge in [0.15, 0.2) is 11.5 Å². The molecule has 0 spiro atoms. The lowest BCUT2D eigenvalue weighted by Gasteiger charge is -2.16. The van der Waals surface area contributed by atoms with E-state index in [0.29, 0.717) is 13.2 Å². The fraction of sp³-hybridized carbons (Fsp3) is 0.375. The van der Waals surface area contributed by atoms with Gasteiger partial charge in [-0.15, -0.1) is 0 Å². The van der Waals surface area contributed by atoms with Gasteiger partial charge in [0.1, 0.15) is 5.76 Å². The van der Waals surface area contributed by atoms with Crippen LogP contribution in [0.25, 0.3) is 0 Å². The number of nitrogens with two attached hydrogens (primary N) is 1. The van der Waals surface area contributed by atoms with Gasteiger partial charge in [-0.25, -0.2) is 0 Å². The van der Waals surface area contributed by atoms with E-state index < -0.39 is 0 Å². The number of furan rings is 1. The molecule has 4 heteroatoms. The maximum Gasteiger partial charge on any atom is 0.161 e. The van der Waals surface area contributed by atoms with Crippen molar-refractivity contribution < 1.29 is 13.9 Å². The normalized spacial score (nSPS) is 12.2. The molecule has 0 bridgehead atoms. The van der Waals surface area contributed by atoms with Crippen LogP contribution in [0.5, 0.6) is 11.5 Å². The van der Waals surface area contributed by atoms with Gasteiger partial charge in [0, 0.05) is 5.56 Å². The smallest absolute Gasteiger partial charge is 0.161 e. The predicted octanol–water partition coefficient (Wildman–Crippen LogP) is 3.43. The lowest BCUT2D eigenvalue weighted by molar-refractivity contribution is 0.287. The van der Waals surface area contributed by atoms with Crippen LogP contribution in [0.2, 0.25) is 0 Å². The highest BCUT2D eigenvalue weighted by atomic mass is 16.5. The van der Waals surface area contributed by atoms with Gasteiger partial charge in [-0.3, -0.25) is 0 Å². The first-order valence-electron chi connectivity index (χ1n) is 6.86. The van der Waals surface area contributed by atoms with Gasteiger partial charge in [-0.1, -0.05) is 6.07 Å². The number of rotatable bonds is 6. The topological polar surface area (TPSA) is 57.6 Å². The second-order valence-corrected chi connectivity index (χ2v) is 4.48. The molecule has 4 nitrogen and oxygen atoms in total. The van der Waals surface area contributed by atoms with Crippen molar-refractivity contribution in [2.75, 3.05) is 13.2 Å². The minimum atomic E-state index is -0.233. The number of aryl methyl sites for hydroxylation is 1. The number of hydrogen-bond acceptors (Lipinski definition) is 4. The molecule has 1 aromatic carbocycles. The van der Waals surface area contributed by atoms with Crippen LogP contribution in [-0.4, -0.2) is 13.2 Å². The lowest BCUT2D eigenvalue weighted by Crippen LogP contribution is -2.12. The van der Waals surface area contributed by atoms with Crippen molar-refractivity contribution in [3.05, 3.63) is 47.4 Å². The van der Waals surface area contributed by atoms with Gasteiger partial charge in [-0.2, -0.15) is 0 Å². The third-order valence-electron chi connectivity index (χ3n) is 3.16. The molecule has 0 aliphatic carbocycles. The average molecular weight is 275 g/mol. The summed E-state index contributed by atoms with van der Waals surface area (Å²) in [5.74, 6) is 2.31. The third kappa shape index (κ3) is 2.96. The maximum atomic E-state index is 6.29. The zero-order valence-corrected chi connectivity index (χ0v) is 12.2. The van der Waals surface area contributed by atoms with Gasteiger partial charge in [0.2, 0.25) is 0 Å². The van der Waals surface area contributed by atoms with Crippen LogP contribution in [0, 0.1) is 6.92 Å². The van der Waals surface area contributed by atoms with Crippen LogP contribution >= 0.6 is 0 Å². The Morgan fingerprint density at radius 1 is 1.10 bits per heavy atom. The summed E-state index contributed by atoms with van der Waals surface area (Å²) < 4.78 is 16.5. The van der Waals surface area contributed by atoms with Crippen LogP contribution in [0.15, 0.2) is 34.9 Å². The lowest BCUT2D eigenvalue weighted by atomic mass is 10.00. The molecule has 0 aliphatic rings. The summed E-state index contributed by atoms with van der Waals surface area (Å²) in [7, 11) is 0. The predicted molar refractivity (Wildman–Crippen MR) is 78.3 cm³/mol. The SMILES string of the molecule is CCOc1ccc(C(N)c2ccoc2C)cc1OCC. The molecule has 108 valence electrons. The Morgan fingerprint density at radius 3 is 2.40 bits per heavy atom. The van der Waals surface area contributed by atoms with Crippen LogP contribution in [0.3, 0.4) is 0 Å². The van der Waals surface area contributed by atoms with E-state index in [1.54, 1.807) is 6.26 Å². The molecule has 0 aliphatic heterocycles. The monoisotopic (exact) mass is 275 g/mol. The van der Waals surface area contributed by atoms with Crippen molar-refractivity contribution in [2.24, 2.45) is 5.73 Å². The van der Waals surface area contributed by atoms with E-state index in [-0.39, 0.29) is 6.04 Å². The molecule has 1 aromatic heterocycles. The van der Waals surface area contributed by atoms with E-state index in [4.69, 9.17) is 19.6 Å². The van der Waals surface area contributed by atoms with E-state index in [0.717, 1.165) is 28.4 Å². The zero-order chi connectivity index (χ0) is 14.5. The molecule has 2 aromatic rings. The average Bonchev–Trinajstić information content (AvgIpc) is 2.86. The van der Waals surface area contributed by atoms with E-state index in [9.17, 15) is 0 Å². The van der Waals surface area contributed by atoms with Gasteiger partial charge < -0.3 is 19.6 Å². The van der Waals surface area contributed by atoms with Crippen molar-refractivity contribution in [3.8, 4) is 11.5 Å². The molecule has 1 unspecified atom stereocenters. The van der Waals surface area contributed by atoms with Crippen molar-refractivity contribution >= 4 is 0 Å². The van der Waals surface area contributed by atoms with Crippen molar-refractivity contribution in [1.82, 2.24) is 0 Å². The fourth-order valence-corrected chi connectivity index (χ4v) is 2.16. The quantitative estimate of drug-likeness (QED) is 0.877. The summed E-state index contributed by atoms with van der Waals surface area (Å²) in [6.45, 7) is 7.00. The number of hydrogen-bond donors (Lipinski definition) is 1. The first kappa shape index (κ1) is 14.5. The van der Waals surface area contributed by atoms with E-state index in [1.165, 1.54) is 0 Å². The second kappa shape index (κ2) is 6.48. The summed E-state index contributed by atoms with van der Waals surface area (Å²) in [6, 6.07) is 7.47. The highest BCUT2D eigenvalue weighted by Crippen LogP contribution is 2.32. The van der Waals surface area contributed by atoms with Gasteiger partial charge in [0.05, 0.1) is 25.5 Å². The van der Waals surface area contributed by atoms with E-state index in [2.05, 4.69) is 0 Å². The van der Waals surface area contributed by atoms with Gasteiger partial charge >= 0.3 is 0 Å². The first-order valence-corrected chi connectivity index (χ1v) is 6.86. The fourth-order valence-electron chi connectivity index (χ4n) is 2.16. The molecular formula is C16H21NO3. The number of benzene rings is 1. The highest BCUT2D eigenvalue weighted by molar-refractivity contribution is 5.46. The molecule has 0 saturated carbocycles. The molecule has 0 amide bonds. The molecule has 0 saturated heterocycles. The molecule has 2 rings (SSSR count). The zero-order valence-electron chi connectivity index (χ0n) is 12.2. The Balaban J connectivity index is 2.32. The Kier molecular flexibility index (Phi) is 4.69. The van der Waals surface area contributed by atoms with E-state index in [1.807, 2.05) is 45.0 Å². The standard InChI is InChI=1S/C16H21NO3/c1-4-18-14-7-6-12(10-15(14)19-5-2)16(17)13-8-9-20-11(13)3/h6-10,16H,4-5,17H2,1-3H3. The molecule has 20 heavy (non-hydrogen) atoms. The van der Waals surface area contributed by atoms with Gasteiger partial charge in [0.25, 0.3) is 0 Å².